The summed E-state index contributed by atoms with van der Waals surface area (Å²) in [6, 6.07) is 3.80. The second-order valence-corrected chi connectivity index (χ2v) is 9.57. The average Bonchev–Trinajstić information content (AvgIpc) is 3.56. The highest BCUT2D eigenvalue weighted by atomic mass is 19.1. The van der Waals surface area contributed by atoms with Gasteiger partial charge in [-0.25, -0.2) is 9.37 Å². The molecule has 0 spiro atoms. The molecule has 0 aliphatic rings. The SMILES string of the molecule is C=C/C(=C\C(=C/C)c1ncc2[nH]nc(-c3nc4c(-c5cccnc5)cncc4[nH]3)c2c1F)NC(=C)CC(C)C. The van der Waals surface area contributed by atoms with Crippen molar-refractivity contribution in [2.24, 2.45) is 5.92 Å². The predicted octanol–water partition coefficient (Wildman–Crippen LogP) is 6.72. The molecule has 39 heavy (non-hydrogen) atoms. The fourth-order valence-electron chi connectivity index (χ4n) is 4.48. The molecule has 0 radical (unpaired) electrons. The van der Waals surface area contributed by atoms with Crippen LogP contribution >= 0.6 is 0 Å². The lowest BCUT2D eigenvalue weighted by Crippen LogP contribution is -2.12. The zero-order valence-electron chi connectivity index (χ0n) is 22.1. The van der Waals surface area contributed by atoms with E-state index in [1.165, 1.54) is 0 Å². The van der Waals surface area contributed by atoms with Crippen LogP contribution in [-0.4, -0.2) is 35.1 Å². The highest BCUT2D eigenvalue weighted by molar-refractivity contribution is 5.97. The Kier molecular flexibility index (Phi) is 7.14. The zero-order chi connectivity index (χ0) is 27.5. The van der Waals surface area contributed by atoms with Crippen LogP contribution in [0, 0.1) is 11.7 Å². The minimum Gasteiger partial charge on any atom is -0.359 e. The van der Waals surface area contributed by atoms with Crippen LogP contribution in [0.25, 0.3) is 50.2 Å². The molecule has 0 aliphatic carbocycles. The molecule has 5 aromatic heterocycles. The Morgan fingerprint density at radius 1 is 1.15 bits per heavy atom. The van der Waals surface area contributed by atoms with Gasteiger partial charge in [-0.1, -0.05) is 39.1 Å². The van der Waals surface area contributed by atoms with E-state index in [4.69, 9.17) is 4.98 Å². The largest absolute Gasteiger partial charge is 0.359 e. The summed E-state index contributed by atoms with van der Waals surface area (Å²) in [5.41, 5.74) is 6.26. The van der Waals surface area contributed by atoms with Gasteiger partial charge in [0.05, 0.1) is 28.8 Å². The van der Waals surface area contributed by atoms with Gasteiger partial charge in [0.2, 0.25) is 0 Å². The van der Waals surface area contributed by atoms with E-state index in [0.29, 0.717) is 50.6 Å². The van der Waals surface area contributed by atoms with Gasteiger partial charge in [-0.2, -0.15) is 5.10 Å². The zero-order valence-corrected chi connectivity index (χ0v) is 22.1. The molecule has 0 fully saturated rings. The molecule has 196 valence electrons. The summed E-state index contributed by atoms with van der Waals surface area (Å²) in [6.45, 7) is 14.1. The van der Waals surface area contributed by atoms with Gasteiger partial charge in [0.25, 0.3) is 0 Å². The first kappa shape index (κ1) is 25.7. The van der Waals surface area contributed by atoms with Crippen molar-refractivity contribution >= 4 is 27.5 Å². The van der Waals surface area contributed by atoms with E-state index in [2.05, 4.69) is 62.5 Å². The Bertz CT molecular complexity index is 1740. The van der Waals surface area contributed by atoms with E-state index in [1.807, 2.05) is 25.1 Å². The molecule has 0 saturated heterocycles. The first-order valence-corrected chi connectivity index (χ1v) is 12.6. The Balaban J connectivity index is 1.57. The number of nitrogens with zero attached hydrogens (tertiary/aromatic N) is 5. The number of rotatable bonds is 9. The highest BCUT2D eigenvalue weighted by Crippen LogP contribution is 2.33. The molecule has 0 saturated carbocycles. The van der Waals surface area contributed by atoms with Crippen LogP contribution in [0.2, 0.25) is 0 Å². The van der Waals surface area contributed by atoms with E-state index in [9.17, 15) is 0 Å². The molecule has 5 aromatic rings. The molecule has 3 N–H and O–H groups in total. The van der Waals surface area contributed by atoms with Crippen molar-refractivity contribution in [1.29, 1.82) is 0 Å². The van der Waals surface area contributed by atoms with Crippen molar-refractivity contribution < 1.29 is 4.39 Å². The topological polar surface area (TPSA) is 108 Å². The molecule has 0 aliphatic heterocycles. The Morgan fingerprint density at radius 3 is 2.72 bits per heavy atom. The summed E-state index contributed by atoms with van der Waals surface area (Å²) in [7, 11) is 0. The molecule has 5 rings (SSSR count). The molecule has 0 amide bonds. The number of halogens is 1. The van der Waals surface area contributed by atoms with E-state index < -0.39 is 5.82 Å². The molecule has 0 unspecified atom stereocenters. The molecule has 5 heterocycles. The number of allylic oxidation sites excluding steroid dienone is 5. The second kappa shape index (κ2) is 10.8. The third kappa shape index (κ3) is 5.11. The van der Waals surface area contributed by atoms with Crippen molar-refractivity contribution in [1.82, 2.24) is 40.4 Å². The quantitative estimate of drug-likeness (QED) is 0.186. The number of hydrogen-bond acceptors (Lipinski definition) is 6. The van der Waals surface area contributed by atoms with E-state index >= 15 is 4.39 Å². The summed E-state index contributed by atoms with van der Waals surface area (Å²) in [4.78, 5) is 21.0. The summed E-state index contributed by atoms with van der Waals surface area (Å²) in [5.74, 6) is 0.366. The number of aromatic amines is 2. The second-order valence-electron chi connectivity index (χ2n) is 9.57. The molecule has 9 heteroatoms. The van der Waals surface area contributed by atoms with Crippen LogP contribution in [0.4, 0.5) is 4.39 Å². The van der Waals surface area contributed by atoms with Gasteiger partial charge in [-0.3, -0.25) is 20.1 Å². The van der Waals surface area contributed by atoms with Crippen molar-refractivity contribution in [3.8, 4) is 22.6 Å². The van der Waals surface area contributed by atoms with Gasteiger partial charge in [-0.15, -0.1) is 0 Å². The fraction of sp³-hybridized carbons (Fsp3) is 0.167. The summed E-state index contributed by atoms with van der Waals surface area (Å²) in [5, 5.41) is 10.8. The van der Waals surface area contributed by atoms with Gasteiger partial charge in [0.15, 0.2) is 11.6 Å². The smallest absolute Gasteiger partial charge is 0.161 e. The Hall–Kier alpha value is -4.92. The maximum atomic E-state index is 16.2. The van der Waals surface area contributed by atoms with Crippen LogP contribution in [0.5, 0.6) is 0 Å². The molecule has 0 aromatic carbocycles. The highest BCUT2D eigenvalue weighted by Gasteiger charge is 2.21. The van der Waals surface area contributed by atoms with Crippen LogP contribution in [0.15, 0.2) is 85.9 Å². The van der Waals surface area contributed by atoms with Crippen molar-refractivity contribution in [3.63, 3.8) is 0 Å². The lowest BCUT2D eigenvalue weighted by atomic mass is 10.1. The van der Waals surface area contributed by atoms with Crippen LogP contribution in [0.1, 0.15) is 32.9 Å². The van der Waals surface area contributed by atoms with Crippen LogP contribution < -0.4 is 5.32 Å². The van der Waals surface area contributed by atoms with Gasteiger partial charge in [0.1, 0.15) is 16.9 Å². The van der Waals surface area contributed by atoms with Crippen molar-refractivity contribution in [2.75, 3.05) is 0 Å². The van der Waals surface area contributed by atoms with E-state index in [1.54, 1.807) is 43.1 Å². The number of imidazole rings is 1. The molecular weight excluding hydrogens is 491 g/mol. The number of hydrogen-bond donors (Lipinski definition) is 3. The molecule has 8 nitrogen and oxygen atoms in total. The predicted molar refractivity (Wildman–Crippen MR) is 154 cm³/mol. The maximum Gasteiger partial charge on any atom is 0.161 e. The monoisotopic (exact) mass is 520 g/mol. The third-order valence-electron chi connectivity index (χ3n) is 6.23. The summed E-state index contributed by atoms with van der Waals surface area (Å²) < 4.78 is 16.2. The van der Waals surface area contributed by atoms with Gasteiger partial charge < -0.3 is 10.3 Å². The molecule has 0 atom stereocenters. The summed E-state index contributed by atoms with van der Waals surface area (Å²) in [6.07, 6.45) is 14.6. The van der Waals surface area contributed by atoms with Crippen molar-refractivity contribution in [3.05, 3.63) is 97.4 Å². The molecule has 0 bridgehead atoms. The Labute approximate surface area is 225 Å². The average molecular weight is 521 g/mol. The number of nitrogens with one attached hydrogen (secondary N) is 3. The summed E-state index contributed by atoms with van der Waals surface area (Å²) >= 11 is 0. The normalized spacial score (nSPS) is 12.4. The maximum absolute atomic E-state index is 16.2. The number of H-pyrrole nitrogens is 2. The van der Waals surface area contributed by atoms with Crippen LogP contribution in [0.3, 0.4) is 0 Å². The Morgan fingerprint density at radius 2 is 2.00 bits per heavy atom. The van der Waals surface area contributed by atoms with Crippen LogP contribution in [-0.2, 0) is 0 Å². The van der Waals surface area contributed by atoms with Gasteiger partial charge in [0, 0.05) is 46.7 Å². The first-order valence-electron chi connectivity index (χ1n) is 12.6. The number of fused-ring (bicyclic) bond motifs is 2. The fourth-order valence-corrected chi connectivity index (χ4v) is 4.48. The van der Waals surface area contributed by atoms with E-state index in [0.717, 1.165) is 23.2 Å². The lowest BCUT2D eigenvalue weighted by Gasteiger charge is -2.13. The van der Waals surface area contributed by atoms with Gasteiger partial charge in [-0.05, 0) is 37.5 Å². The van der Waals surface area contributed by atoms with Crippen molar-refractivity contribution in [2.45, 2.75) is 27.2 Å². The lowest BCUT2D eigenvalue weighted by molar-refractivity contribution is 0.622. The van der Waals surface area contributed by atoms with Gasteiger partial charge >= 0.3 is 0 Å². The number of aromatic nitrogens is 7. The minimum absolute atomic E-state index is 0.192. The van der Waals surface area contributed by atoms with E-state index in [-0.39, 0.29) is 5.69 Å². The third-order valence-corrected chi connectivity index (χ3v) is 6.23. The number of pyridine rings is 3. The minimum atomic E-state index is -0.504. The first-order chi connectivity index (χ1) is 18.9. The molecular formula is C30H29FN8. The standard InChI is InChI=1S/C30H29FN8/c1-6-19(12-21(7-2)35-18(5)11-17(3)4)27-26(31)25-23(16-34-27)38-39-29(25)30-36-24-15-33-14-22(28(24)37-30)20-9-8-10-32-13-20/h6-10,12-17,35H,2,5,11H2,1,3-4H3,(H,36,37)(H,38,39)/b19-6+,21-12+.